The Kier molecular flexibility index (Phi) is 2.75. The Labute approximate surface area is 99.0 Å². The van der Waals surface area contributed by atoms with Crippen LogP contribution in [0, 0.1) is 11.8 Å². The molecular formula is C14H25NO. The first kappa shape index (κ1) is 11.0. The van der Waals surface area contributed by atoms with Crippen LogP contribution in [0.1, 0.15) is 51.9 Å². The Morgan fingerprint density at radius 3 is 2.75 bits per heavy atom. The van der Waals surface area contributed by atoms with Crippen molar-refractivity contribution in [1.29, 1.82) is 0 Å². The van der Waals surface area contributed by atoms with Crippen LogP contribution in [0.5, 0.6) is 0 Å². The fraction of sp³-hybridized carbons (Fsp3) is 1.00. The summed E-state index contributed by atoms with van der Waals surface area (Å²) in [5, 5.41) is 10.9. The van der Waals surface area contributed by atoms with Crippen molar-refractivity contribution in [2.24, 2.45) is 11.8 Å². The molecular weight excluding hydrogens is 198 g/mol. The highest BCUT2D eigenvalue weighted by molar-refractivity contribution is 5.02. The van der Waals surface area contributed by atoms with Crippen molar-refractivity contribution in [1.82, 2.24) is 4.90 Å². The number of likely N-dealkylation sites (tertiary alicyclic amines) is 1. The lowest BCUT2D eigenvalue weighted by molar-refractivity contribution is -0.136. The number of hydrogen-bond donors (Lipinski definition) is 1. The van der Waals surface area contributed by atoms with Gasteiger partial charge in [0.2, 0.25) is 0 Å². The lowest BCUT2D eigenvalue weighted by Crippen LogP contribution is -2.61. The van der Waals surface area contributed by atoms with Gasteiger partial charge >= 0.3 is 0 Å². The first-order valence-corrected chi connectivity index (χ1v) is 7.16. The maximum Gasteiger partial charge on any atom is 0.0827 e. The Morgan fingerprint density at radius 1 is 1.19 bits per heavy atom. The van der Waals surface area contributed by atoms with Gasteiger partial charge in [-0.1, -0.05) is 12.8 Å². The van der Waals surface area contributed by atoms with Crippen LogP contribution in [0.25, 0.3) is 0 Å². The van der Waals surface area contributed by atoms with Gasteiger partial charge < -0.3 is 5.11 Å². The first-order chi connectivity index (χ1) is 7.70. The summed E-state index contributed by atoms with van der Waals surface area (Å²) in [5.41, 5.74) is -0.356. The molecule has 0 aromatic carbocycles. The van der Waals surface area contributed by atoms with Gasteiger partial charge in [0.15, 0.2) is 0 Å². The second-order valence-electron chi connectivity index (χ2n) is 6.34. The molecule has 2 unspecified atom stereocenters. The zero-order chi connectivity index (χ0) is 11.2. The zero-order valence-corrected chi connectivity index (χ0v) is 10.5. The van der Waals surface area contributed by atoms with E-state index < -0.39 is 0 Å². The molecule has 0 aromatic heterocycles. The minimum Gasteiger partial charge on any atom is -0.388 e. The van der Waals surface area contributed by atoms with Crippen molar-refractivity contribution in [3.05, 3.63) is 0 Å². The summed E-state index contributed by atoms with van der Waals surface area (Å²) in [7, 11) is 0. The largest absolute Gasteiger partial charge is 0.388 e. The molecule has 1 saturated heterocycles. The van der Waals surface area contributed by atoms with E-state index in [0.717, 1.165) is 12.3 Å². The standard InChI is InChI=1S/C14H25NO/c1-11-14(16)8-3-2-4-13(14)7-9-15(11)10-12-5-6-12/h11-13,16H,2-10H2,1H3/t11-,13?,14?/m1/s1. The van der Waals surface area contributed by atoms with Crippen LogP contribution in [0.3, 0.4) is 0 Å². The van der Waals surface area contributed by atoms with E-state index in [1.807, 2.05) is 0 Å². The summed E-state index contributed by atoms with van der Waals surface area (Å²) in [6.07, 6.45) is 8.94. The molecule has 92 valence electrons. The number of hydrogen-bond acceptors (Lipinski definition) is 2. The molecule has 2 heteroatoms. The van der Waals surface area contributed by atoms with Crippen LogP contribution in [0.4, 0.5) is 0 Å². The molecule has 1 N–H and O–H groups in total. The molecule has 3 atom stereocenters. The minimum absolute atomic E-state index is 0.356. The molecule has 3 rings (SSSR count). The molecule has 1 heterocycles. The topological polar surface area (TPSA) is 23.5 Å². The van der Waals surface area contributed by atoms with E-state index in [9.17, 15) is 5.11 Å². The maximum atomic E-state index is 10.9. The normalized spacial score (nSPS) is 45.4. The van der Waals surface area contributed by atoms with E-state index in [0.29, 0.717) is 12.0 Å². The van der Waals surface area contributed by atoms with E-state index in [2.05, 4.69) is 11.8 Å². The molecule has 1 aliphatic heterocycles. The molecule has 2 nitrogen and oxygen atoms in total. The number of rotatable bonds is 2. The molecule has 16 heavy (non-hydrogen) atoms. The first-order valence-electron chi connectivity index (χ1n) is 7.16. The van der Waals surface area contributed by atoms with Gasteiger partial charge in [-0.3, -0.25) is 4.90 Å². The number of nitrogens with zero attached hydrogens (tertiary/aromatic N) is 1. The quantitative estimate of drug-likeness (QED) is 0.777. The van der Waals surface area contributed by atoms with E-state index in [4.69, 9.17) is 0 Å². The van der Waals surface area contributed by atoms with Gasteiger partial charge in [0.25, 0.3) is 0 Å². The van der Waals surface area contributed by atoms with Crippen LogP contribution < -0.4 is 0 Å². The van der Waals surface area contributed by atoms with Crippen molar-refractivity contribution < 1.29 is 5.11 Å². The monoisotopic (exact) mass is 223 g/mol. The van der Waals surface area contributed by atoms with Crippen LogP contribution >= 0.6 is 0 Å². The predicted molar refractivity (Wildman–Crippen MR) is 65.3 cm³/mol. The van der Waals surface area contributed by atoms with Crippen molar-refractivity contribution in [2.45, 2.75) is 63.5 Å². The Balaban J connectivity index is 1.71. The number of aliphatic hydroxyl groups is 1. The van der Waals surface area contributed by atoms with Crippen molar-refractivity contribution in [3.8, 4) is 0 Å². The maximum absolute atomic E-state index is 10.9. The third-order valence-electron chi connectivity index (χ3n) is 5.31. The second kappa shape index (κ2) is 3.99. The highest BCUT2D eigenvalue weighted by Crippen LogP contribution is 2.44. The molecule has 2 aliphatic carbocycles. The third kappa shape index (κ3) is 1.80. The fourth-order valence-electron chi connectivity index (χ4n) is 3.91. The Morgan fingerprint density at radius 2 is 2.00 bits per heavy atom. The molecule has 0 amide bonds. The highest BCUT2D eigenvalue weighted by atomic mass is 16.3. The number of fused-ring (bicyclic) bond motifs is 1. The van der Waals surface area contributed by atoms with Gasteiger partial charge in [0.05, 0.1) is 5.60 Å². The molecule has 0 aromatic rings. The van der Waals surface area contributed by atoms with Gasteiger partial charge in [0, 0.05) is 12.6 Å². The summed E-state index contributed by atoms with van der Waals surface area (Å²) in [5.74, 6) is 1.54. The molecule has 3 fully saturated rings. The van der Waals surface area contributed by atoms with Crippen LogP contribution in [0.2, 0.25) is 0 Å². The molecule has 2 saturated carbocycles. The van der Waals surface area contributed by atoms with E-state index in [-0.39, 0.29) is 5.60 Å². The third-order valence-corrected chi connectivity index (χ3v) is 5.31. The minimum atomic E-state index is -0.356. The summed E-state index contributed by atoms with van der Waals surface area (Å²) >= 11 is 0. The Hall–Kier alpha value is -0.0800. The lowest BCUT2D eigenvalue weighted by atomic mass is 9.67. The van der Waals surface area contributed by atoms with Gasteiger partial charge in [-0.25, -0.2) is 0 Å². The molecule has 0 spiro atoms. The summed E-state index contributed by atoms with van der Waals surface area (Å²) in [4.78, 5) is 2.57. The zero-order valence-electron chi connectivity index (χ0n) is 10.5. The highest BCUT2D eigenvalue weighted by Gasteiger charge is 2.48. The van der Waals surface area contributed by atoms with Gasteiger partial charge in [-0.2, -0.15) is 0 Å². The van der Waals surface area contributed by atoms with Gasteiger partial charge in [-0.05, 0) is 57.4 Å². The van der Waals surface area contributed by atoms with E-state index >= 15 is 0 Å². The summed E-state index contributed by atoms with van der Waals surface area (Å²) in [6.45, 7) is 4.74. The molecule has 0 radical (unpaired) electrons. The second-order valence-corrected chi connectivity index (χ2v) is 6.34. The van der Waals surface area contributed by atoms with Gasteiger partial charge in [0.1, 0.15) is 0 Å². The average molecular weight is 223 g/mol. The average Bonchev–Trinajstić information content (AvgIpc) is 3.08. The van der Waals surface area contributed by atoms with Crippen molar-refractivity contribution in [3.63, 3.8) is 0 Å². The van der Waals surface area contributed by atoms with Crippen LogP contribution in [0.15, 0.2) is 0 Å². The van der Waals surface area contributed by atoms with Crippen LogP contribution in [-0.4, -0.2) is 34.7 Å². The summed E-state index contributed by atoms with van der Waals surface area (Å²) < 4.78 is 0. The molecule has 0 bridgehead atoms. The fourth-order valence-corrected chi connectivity index (χ4v) is 3.91. The molecule has 3 aliphatic rings. The van der Waals surface area contributed by atoms with E-state index in [1.165, 1.54) is 51.6 Å². The van der Waals surface area contributed by atoms with E-state index in [1.54, 1.807) is 0 Å². The van der Waals surface area contributed by atoms with Crippen LogP contribution in [-0.2, 0) is 0 Å². The van der Waals surface area contributed by atoms with Crippen molar-refractivity contribution in [2.75, 3.05) is 13.1 Å². The van der Waals surface area contributed by atoms with Crippen molar-refractivity contribution >= 4 is 0 Å². The smallest absolute Gasteiger partial charge is 0.0827 e. The van der Waals surface area contributed by atoms with Gasteiger partial charge in [-0.15, -0.1) is 0 Å². The Bertz CT molecular complexity index is 263. The SMILES string of the molecule is C[C@H]1N(CC2CC2)CCC2CCCCC21O. The number of piperidine rings is 1. The predicted octanol–water partition coefficient (Wildman–Crippen LogP) is 2.41. The lowest BCUT2D eigenvalue weighted by Gasteiger charge is -2.52. The summed E-state index contributed by atoms with van der Waals surface area (Å²) in [6, 6.07) is 0.396.